The highest BCUT2D eigenvalue weighted by Gasteiger charge is 2.52. The maximum absolute atomic E-state index is 13.6. The van der Waals surface area contributed by atoms with Gasteiger partial charge in [-0.2, -0.15) is 0 Å². The van der Waals surface area contributed by atoms with Gasteiger partial charge in [0.05, 0.1) is 0 Å². The monoisotopic (exact) mass is 523 g/mol. The maximum Gasteiger partial charge on any atom is 0.341 e. The largest absolute Gasteiger partial charge is 0.449 e. The summed E-state index contributed by atoms with van der Waals surface area (Å²) >= 11 is 0. The van der Waals surface area contributed by atoms with Crippen molar-refractivity contribution in [3.05, 3.63) is 120 Å². The Morgan fingerprint density at radius 3 is 1.95 bits per heavy atom. The van der Waals surface area contributed by atoms with Crippen molar-refractivity contribution in [2.24, 2.45) is 16.3 Å². The van der Waals surface area contributed by atoms with Crippen LogP contribution < -0.4 is 0 Å². The van der Waals surface area contributed by atoms with E-state index in [1.807, 2.05) is 112 Å². The minimum absolute atomic E-state index is 0.352. The van der Waals surface area contributed by atoms with Crippen molar-refractivity contribution in [2.45, 2.75) is 58.6 Å². The number of cyclic esters (lactones) is 1. The lowest BCUT2D eigenvalue weighted by atomic mass is 9.77. The SMILES string of the molecule is CCCC(/C=C/C(=O)OC(c1ccccc1)c1ccccc1)C1(Cc2ccccc2)N=C(C(C)(C)C)OC1=O. The minimum atomic E-state index is -1.16. The van der Waals surface area contributed by atoms with Crippen LogP contribution in [-0.4, -0.2) is 23.4 Å². The number of carbonyl (C=O) groups excluding carboxylic acids is 2. The lowest BCUT2D eigenvalue weighted by Crippen LogP contribution is -2.43. The second kappa shape index (κ2) is 12.2. The number of rotatable bonds is 10. The standard InChI is InChI=1S/C34H37NO4/c1-5-15-28(34(24-25-16-9-6-10-17-25)32(37)39-31(35-34)33(2,3)4)22-23-29(36)38-30(26-18-11-7-12-19-26)27-20-13-8-14-21-27/h6-14,16-23,28,30H,5,15,24H2,1-4H3/b23-22+. The molecule has 0 fully saturated rings. The number of hydrogen-bond donors (Lipinski definition) is 0. The van der Waals surface area contributed by atoms with Gasteiger partial charge in [-0.15, -0.1) is 0 Å². The summed E-state index contributed by atoms with van der Waals surface area (Å²) in [4.78, 5) is 31.8. The number of esters is 2. The molecule has 0 saturated heterocycles. The second-order valence-corrected chi connectivity index (χ2v) is 11.0. The Kier molecular flexibility index (Phi) is 8.80. The van der Waals surface area contributed by atoms with Crippen molar-refractivity contribution in [3.8, 4) is 0 Å². The Labute approximate surface area is 231 Å². The zero-order chi connectivity index (χ0) is 27.9. The molecule has 0 N–H and O–H groups in total. The van der Waals surface area contributed by atoms with Gasteiger partial charge in [-0.3, -0.25) is 0 Å². The Hall–Kier alpha value is -3.99. The smallest absolute Gasteiger partial charge is 0.341 e. The van der Waals surface area contributed by atoms with Crippen molar-refractivity contribution < 1.29 is 19.1 Å². The molecule has 0 saturated carbocycles. The van der Waals surface area contributed by atoms with Crippen molar-refractivity contribution in [1.29, 1.82) is 0 Å². The average molecular weight is 524 g/mol. The van der Waals surface area contributed by atoms with E-state index in [1.165, 1.54) is 6.08 Å². The number of benzene rings is 3. The van der Waals surface area contributed by atoms with Crippen LogP contribution in [0.25, 0.3) is 0 Å². The third kappa shape index (κ3) is 6.72. The molecule has 0 aromatic heterocycles. The molecule has 2 unspecified atom stereocenters. The molecule has 2 atom stereocenters. The summed E-state index contributed by atoms with van der Waals surface area (Å²) in [7, 11) is 0. The third-order valence-electron chi connectivity index (χ3n) is 6.92. The van der Waals surface area contributed by atoms with Gasteiger partial charge < -0.3 is 9.47 Å². The second-order valence-electron chi connectivity index (χ2n) is 11.0. The normalized spacial score (nSPS) is 18.2. The van der Waals surface area contributed by atoms with Crippen LogP contribution in [0.4, 0.5) is 0 Å². The molecule has 202 valence electrons. The summed E-state index contributed by atoms with van der Waals surface area (Å²) in [5.41, 5.74) is 1.17. The molecule has 5 heteroatoms. The van der Waals surface area contributed by atoms with E-state index < -0.39 is 23.0 Å². The molecule has 39 heavy (non-hydrogen) atoms. The first kappa shape index (κ1) is 28.0. The minimum Gasteiger partial charge on any atom is -0.449 e. The topological polar surface area (TPSA) is 65.0 Å². The van der Waals surface area contributed by atoms with Gasteiger partial charge in [-0.1, -0.05) is 131 Å². The van der Waals surface area contributed by atoms with E-state index in [2.05, 4.69) is 6.92 Å². The van der Waals surface area contributed by atoms with E-state index in [4.69, 9.17) is 14.5 Å². The summed E-state index contributed by atoms with van der Waals surface area (Å²) < 4.78 is 11.8. The van der Waals surface area contributed by atoms with Crippen molar-refractivity contribution >= 4 is 17.8 Å². The lowest BCUT2D eigenvalue weighted by molar-refractivity contribution is -0.142. The fourth-order valence-electron chi connectivity index (χ4n) is 4.87. The van der Waals surface area contributed by atoms with Gasteiger partial charge >= 0.3 is 11.9 Å². The van der Waals surface area contributed by atoms with Gasteiger partial charge in [-0.25, -0.2) is 14.6 Å². The van der Waals surface area contributed by atoms with E-state index in [1.54, 1.807) is 6.08 Å². The van der Waals surface area contributed by atoms with Crippen LogP contribution in [0.15, 0.2) is 108 Å². The van der Waals surface area contributed by atoms with Crippen molar-refractivity contribution in [1.82, 2.24) is 0 Å². The molecule has 5 nitrogen and oxygen atoms in total. The number of aliphatic imine (C=N–C) groups is 1. The number of nitrogens with zero attached hydrogens (tertiary/aromatic N) is 1. The predicted octanol–water partition coefficient (Wildman–Crippen LogP) is 7.27. The van der Waals surface area contributed by atoms with E-state index in [-0.39, 0.29) is 11.9 Å². The number of hydrogen-bond acceptors (Lipinski definition) is 5. The average Bonchev–Trinajstić information content (AvgIpc) is 3.28. The summed E-state index contributed by atoms with van der Waals surface area (Å²) in [6.45, 7) is 8.00. The number of ether oxygens (including phenoxy) is 2. The van der Waals surface area contributed by atoms with Crippen LogP contribution in [0.2, 0.25) is 0 Å². The molecule has 0 radical (unpaired) electrons. The zero-order valence-corrected chi connectivity index (χ0v) is 23.2. The molecule has 4 rings (SSSR count). The highest BCUT2D eigenvalue weighted by Crippen LogP contribution is 2.39. The van der Waals surface area contributed by atoms with Crippen LogP contribution >= 0.6 is 0 Å². The molecular weight excluding hydrogens is 486 g/mol. The van der Waals surface area contributed by atoms with E-state index in [0.717, 1.165) is 23.1 Å². The lowest BCUT2D eigenvalue weighted by Gasteiger charge is -2.30. The molecule has 1 aliphatic heterocycles. The maximum atomic E-state index is 13.6. The molecule has 0 amide bonds. The Bertz CT molecular complexity index is 1270. The molecule has 1 heterocycles. The Balaban J connectivity index is 1.66. The van der Waals surface area contributed by atoms with Gasteiger partial charge in [0.2, 0.25) is 0 Å². The van der Waals surface area contributed by atoms with Gasteiger partial charge in [0, 0.05) is 23.8 Å². The molecule has 0 spiro atoms. The van der Waals surface area contributed by atoms with E-state index in [9.17, 15) is 9.59 Å². The quantitative estimate of drug-likeness (QED) is 0.207. The Morgan fingerprint density at radius 1 is 0.923 bits per heavy atom. The summed E-state index contributed by atoms with van der Waals surface area (Å²) in [6.07, 6.45) is 4.54. The highest BCUT2D eigenvalue weighted by atomic mass is 16.6. The van der Waals surface area contributed by atoms with Crippen LogP contribution in [0.1, 0.15) is 63.3 Å². The van der Waals surface area contributed by atoms with Gasteiger partial charge in [-0.05, 0) is 23.1 Å². The Morgan fingerprint density at radius 2 is 1.46 bits per heavy atom. The van der Waals surface area contributed by atoms with Crippen LogP contribution in [-0.2, 0) is 25.5 Å². The summed E-state index contributed by atoms with van der Waals surface area (Å²) in [5, 5.41) is 0. The molecule has 0 bridgehead atoms. The van der Waals surface area contributed by atoms with Gasteiger partial charge in [0.1, 0.15) is 0 Å². The fraction of sp³-hybridized carbons (Fsp3) is 0.324. The summed E-state index contributed by atoms with van der Waals surface area (Å²) in [5.74, 6) is -0.780. The molecule has 0 aliphatic carbocycles. The molecule has 1 aliphatic rings. The molecular formula is C34H37NO4. The van der Waals surface area contributed by atoms with Crippen molar-refractivity contribution in [2.75, 3.05) is 0 Å². The van der Waals surface area contributed by atoms with Gasteiger partial charge in [0.25, 0.3) is 0 Å². The first-order chi connectivity index (χ1) is 18.7. The number of carbonyl (C=O) groups is 2. The summed E-state index contributed by atoms with van der Waals surface area (Å²) in [6, 6.07) is 29.2. The third-order valence-corrected chi connectivity index (χ3v) is 6.92. The first-order valence-corrected chi connectivity index (χ1v) is 13.6. The van der Waals surface area contributed by atoms with Gasteiger partial charge in [0.15, 0.2) is 17.5 Å². The fourth-order valence-corrected chi connectivity index (χ4v) is 4.87. The van der Waals surface area contributed by atoms with E-state index >= 15 is 0 Å². The van der Waals surface area contributed by atoms with Crippen LogP contribution in [0.5, 0.6) is 0 Å². The molecule has 3 aromatic carbocycles. The highest BCUT2D eigenvalue weighted by molar-refractivity contribution is 6.02. The predicted molar refractivity (Wildman–Crippen MR) is 154 cm³/mol. The molecule has 3 aromatic rings. The van der Waals surface area contributed by atoms with Crippen LogP contribution in [0, 0.1) is 11.3 Å². The van der Waals surface area contributed by atoms with E-state index in [0.29, 0.717) is 18.7 Å². The zero-order valence-electron chi connectivity index (χ0n) is 23.2. The first-order valence-electron chi connectivity index (χ1n) is 13.6. The van der Waals surface area contributed by atoms with Crippen molar-refractivity contribution in [3.63, 3.8) is 0 Å². The van der Waals surface area contributed by atoms with Crippen LogP contribution in [0.3, 0.4) is 0 Å².